The van der Waals surface area contributed by atoms with E-state index in [1.165, 1.54) is 17.7 Å². The van der Waals surface area contributed by atoms with E-state index in [0.29, 0.717) is 37.8 Å². The van der Waals surface area contributed by atoms with E-state index in [-0.39, 0.29) is 29.4 Å². The zero-order valence-corrected chi connectivity index (χ0v) is 19.0. The van der Waals surface area contributed by atoms with Gasteiger partial charge in [0.1, 0.15) is 5.75 Å². The molecule has 2 aromatic carbocycles. The number of nitrogen functional groups attached to an aromatic ring is 1. The van der Waals surface area contributed by atoms with Gasteiger partial charge in [-0.2, -0.15) is 0 Å². The second kappa shape index (κ2) is 12.6. The van der Waals surface area contributed by atoms with Gasteiger partial charge in [-0.25, -0.2) is 0 Å². The van der Waals surface area contributed by atoms with E-state index in [1.54, 1.807) is 7.11 Å². The summed E-state index contributed by atoms with van der Waals surface area (Å²) in [5.74, 6) is -0.0142. The lowest BCUT2D eigenvalue weighted by molar-refractivity contribution is -0.0293. The van der Waals surface area contributed by atoms with Gasteiger partial charge in [0.15, 0.2) is 6.79 Å². The minimum atomic E-state index is -0.317. The van der Waals surface area contributed by atoms with E-state index in [2.05, 4.69) is 22.3 Å². The maximum Gasteiger partial charge on any atom is 0.255 e. The van der Waals surface area contributed by atoms with Gasteiger partial charge >= 0.3 is 0 Å². The van der Waals surface area contributed by atoms with Gasteiger partial charge in [0.25, 0.3) is 5.91 Å². The van der Waals surface area contributed by atoms with Crippen molar-refractivity contribution >= 4 is 23.2 Å². The number of anilines is 1. The highest BCUT2D eigenvalue weighted by Gasteiger charge is 2.22. The summed E-state index contributed by atoms with van der Waals surface area (Å²) < 4.78 is 21.7. The van der Waals surface area contributed by atoms with Gasteiger partial charge in [-0.3, -0.25) is 9.69 Å². The Hall–Kier alpha value is -2.36. The van der Waals surface area contributed by atoms with Crippen molar-refractivity contribution in [3.05, 3.63) is 58.6 Å². The minimum absolute atomic E-state index is 0.0368. The fourth-order valence-corrected chi connectivity index (χ4v) is 3.53. The predicted octanol–water partition coefficient (Wildman–Crippen LogP) is 2.55. The number of hydrogen-bond acceptors (Lipinski definition) is 7. The molecule has 8 nitrogen and oxygen atoms in total. The van der Waals surface area contributed by atoms with Crippen LogP contribution in [-0.2, 0) is 20.8 Å². The summed E-state index contributed by atoms with van der Waals surface area (Å²) in [4.78, 5) is 15.2. The Morgan fingerprint density at radius 1 is 1.28 bits per heavy atom. The number of carbonyl (C=O) groups excluding carboxylic acids is 1. The van der Waals surface area contributed by atoms with Crippen LogP contribution in [-0.4, -0.2) is 70.3 Å². The molecular formula is C23H30ClN3O5. The third-order valence-electron chi connectivity index (χ3n) is 5.04. The van der Waals surface area contributed by atoms with Gasteiger partial charge in [-0.1, -0.05) is 41.9 Å². The van der Waals surface area contributed by atoms with Gasteiger partial charge in [-0.15, -0.1) is 0 Å². The molecule has 1 atom stereocenters. The van der Waals surface area contributed by atoms with Crippen molar-refractivity contribution in [3.8, 4) is 5.75 Å². The first kappa shape index (κ1) is 24.3. The summed E-state index contributed by atoms with van der Waals surface area (Å²) in [6.07, 6.45) is -0.109. The highest BCUT2D eigenvalue weighted by atomic mass is 35.5. The monoisotopic (exact) mass is 463 g/mol. The van der Waals surface area contributed by atoms with Crippen molar-refractivity contribution in [1.82, 2.24) is 10.2 Å². The molecule has 0 bridgehead atoms. The van der Waals surface area contributed by atoms with E-state index in [4.69, 9.17) is 36.3 Å². The van der Waals surface area contributed by atoms with Gasteiger partial charge in [0.2, 0.25) is 0 Å². The average molecular weight is 464 g/mol. The molecule has 3 rings (SSSR count). The molecule has 1 amide bonds. The second-order valence-corrected chi connectivity index (χ2v) is 7.86. The molecule has 3 N–H and O–H groups in total. The number of nitrogens with one attached hydrogen (secondary N) is 1. The van der Waals surface area contributed by atoms with Crippen LogP contribution in [0.2, 0.25) is 5.02 Å². The summed E-state index contributed by atoms with van der Waals surface area (Å²) in [5.41, 5.74) is 7.74. The zero-order valence-electron chi connectivity index (χ0n) is 18.2. The first-order valence-electron chi connectivity index (χ1n) is 10.5. The summed E-state index contributed by atoms with van der Waals surface area (Å²) >= 11 is 6.14. The average Bonchev–Trinajstić information content (AvgIpc) is 2.80. The Morgan fingerprint density at radius 2 is 2.09 bits per heavy atom. The molecule has 1 aliphatic heterocycles. The standard InChI is InChI=1S/C23H30ClN3O5/c1-29-9-10-30-16-32-22-12-21(25)20(24)11-19(22)23(28)26-13-18-15-27(7-8-31-18)14-17-5-3-2-4-6-17/h2-6,11-12,18H,7-10,13-16,25H2,1H3,(H,26,28). The molecular weight excluding hydrogens is 434 g/mol. The normalized spacial score (nSPS) is 16.6. The third kappa shape index (κ3) is 7.36. The molecule has 0 aliphatic carbocycles. The molecule has 1 fully saturated rings. The molecule has 9 heteroatoms. The summed E-state index contributed by atoms with van der Waals surface area (Å²) in [7, 11) is 1.59. The maximum absolute atomic E-state index is 12.9. The van der Waals surface area contributed by atoms with Crippen molar-refractivity contribution in [2.45, 2.75) is 12.6 Å². The lowest BCUT2D eigenvalue weighted by Gasteiger charge is -2.33. The number of morpholine rings is 1. The largest absolute Gasteiger partial charge is 0.467 e. The predicted molar refractivity (Wildman–Crippen MR) is 123 cm³/mol. The fraction of sp³-hybridized carbons (Fsp3) is 0.435. The molecule has 2 aromatic rings. The van der Waals surface area contributed by atoms with Crippen molar-refractivity contribution in [1.29, 1.82) is 0 Å². The van der Waals surface area contributed by atoms with Gasteiger partial charge < -0.3 is 30.0 Å². The number of nitrogens with two attached hydrogens (primary N) is 1. The van der Waals surface area contributed by atoms with Crippen LogP contribution in [0.5, 0.6) is 5.75 Å². The van der Waals surface area contributed by atoms with Crippen LogP contribution in [0.4, 0.5) is 5.69 Å². The number of nitrogens with zero attached hydrogens (tertiary/aromatic N) is 1. The first-order chi connectivity index (χ1) is 15.6. The summed E-state index contributed by atoms with van der Waals surface area (Å²) in [5, 5.41) is 3.20. The number of ether oxygens (including phenoxy) is 4. The molecule has 32 heavy (non-hydrogen) atoms. The zero-order chi connectivity index (χ0) is 22.8. The Balaban J connectivity index is 1.54. The lowest BCUT2D eigenvalue weighted by atomic mass is 10.1. The molecule has 0 radical (unpaired) electrons. The van der Waals surface area contributed by atoms with Crippen molar-refractivity contribution < 1.29 is 23.7 Å². The van der Waals surface area contributed by atoms with Crippen LogP contribution >= 0.6 is 11.6 Å². The van der Waals surface area contributed by atoms with E-state index in [9.17, 15) is 4.79 Å². The smallest absolute Gasteiger partial charge is 0.255 e. The minimum Gasteiger partial charge on any atom is -0.467 e. The molecule has 0 spiro atoms. The Bertz CT molecular complexity index is 868. The van der Waals surface area contributed by atoms with Crippen LogP contribution in [0, 0.1) is 0 Å². The molecule has 1 saturated heterocycles. The molecule has 1 aliphatic rings. The summed E-state index contributed by atoms with van der Waals surface area (Å²) in [6.45, 7) is 4.21. The topological polar surface area (TPSA) is 95.3 Å². The molecule has 0 aromatic heterocycles. The number of hydrogen-bond donors (Lipinski definition) is 2. The van der Waals surface area contributed by atoms with Crippen LogP contribution in [0.1, 0.15) is 15.9 Å². The van der Waals surface area contributed by atoms with Gasteiger partial charge in [-0.05, 0) is 11.6 Å². The van der Waals surface area contributed by atoms with Crippen molar-refractivity contribution in [2.75, 3.05) is 59.1 Å². The van der Waals surface area contributed by atoms with Crippen LogP contribution in [0.3, 0.4) is 0 Å². The lowest BCUT2D eigenvalue weighted by Crippen LogP contribution is -2.47. The number of halogens is 1. The van der Waals surface area contributed by atoms with E-state index < -0.39 is 0 Å². The van der Waals surface area contributed by atoms with E-state index >= 15 is 0 Å². The Kier molecular flexibility index (Phi) is 9.58. The van der Waals surface area contributed by atoms with E-state index in [0.717, 1.165) is 19.6 Å². The summed E-state index contributed by atoms with van der Waals surface area (Å²) in [6, 6.07) is 13.3. The van der Waals surface area contributed by atoms with Crippen molar-refractivity contribution in [3.63, 3.8) is 0 Å². The Morgan fingerprint density at radius 3 is 2.88 bits per heavy atom. The molecule has 174 valence electrons. The molecule has 1 heterocycles. The van der Waals surface area contributed by atoms with Gasteiger partial charge in [0.05, 0.1) is 42.2 Å². The number of methoxy groups -OCH3 is 1. The number of carbonyl (C=O) groups is 1. The fourth-order valence-electron chi connectivity index (χ4n) is 3.36. The number of rotatable bonds is 11. The quantitative estimate of drug-likeness (QED) is 0.300. The first-order valence-corrected chi connectivity index (χ1v) is 10.9. The highest BCUT2D eigenvalue weighted by molar-refractivity contribution is 6.33. The van der Waals surface area contributed by atoms with E-state index in [1.807, 2.05) is 18.2 Å². The SMILES string of the molecule is COCCOCOc1cc(N)c(Cl)cc1C(=O)NCC1CN(Cc2ccccc2)CCO1. The number of amides is 1. The number of benzene rings is 2. The van der Waals surface area contributed by atoms with Crippen LogP contribution in [0.15, 0.2) is 42.5 Å². The molecule has 0 saturated carbocycles. The second-order valence-electron chi connectivity index (χ2n) is 7.46. The highest BCUT2D eigenvalue weighted by Crippen LogP contribution is 2.29. The van der Waals surface area contributed by atoms with Crippen molar-refractivity contribution in [2.24, 2.45) is 0 Å². The maximum atomic E-state index is 12.9. The Labute approximate surface area is 193 Å². The third-order valence-corrected chi connectivity index (χ3v) is 5.36. The molecule has 1 unspecified atom stereocenters. The van der Waals surface area contributed by atoms with Gasteiger partial charge in [0, 0.05) is 39.4 Å². The van der Waals surface area contributed by atoms with Crippen LogP contribution in [0.25, 0.3) is 0 Å². The van der Waals surface area contributed by atoms with Crippen LogP contribution < -0.4 is 15.8 Å².